The van der Waals surface area contributed by atoms with E-state index in [9.17, 15) is 14.4 Å². The van der Waals surface area contributed by atoms with Crippen molar-refractivity contribution in [3.63, 3.8) is 0 Å². The van der Waals surface area contributed by atoms with Crippen molar-refractivity contribution in [3.05, 3.63) is 83.9 Å². The molecule has 202 valence electrons. The average molecular weight is 548 g/mol. The summed E-state index contributed by atoms with van der Waals surface area (Å²) in [5.41, 5.74) is 2.54. The van der Waals surface area contributed by atoms with Crippen LogP contribution in [0.5, 0.6) is 11.5 Å². The Balaban J connectivity index is 1.51. The Labute approximate surface area is 231 Å². The van der Waals surface area contributed by atoms with Gasteiger partial charge in [-0.3, -0.25) is 14.5 Å². The average Bonchev–Trinajstić information content (AvgIpc) is 2.96. The number of methoxy groups -OCH3 is 3. The van der Waals surface area contributed by atoms with Gasteiger partial charge in [-0.15, -0.1) is 0 Å². The fourth-order valence-corrected chi connectivity index (χ4v) is 5.11. The van der Waals surface area contributed by atoms with Crippen LogP contribution in [0, 0.1) is 0 Å². The Morgan fingerprint density at radius 1 is 0.974 bits per heavy atom. The van der Waals surface area contributed by atoms with E-state index < -0.39 is 11.2 Å². The Kier molecular flexibility index (Phi) is 9.22. The number of ether oxygens (including phenoxy) is 3. The summed E-state index contributed by atoms with van der Waals surface area (Å²) in [7, 11) is 4.47. The molecule has 1 fully saturated rings. The number of carbonyl (C=O) groups is 3. The number of nitrogens with one attached hydrogen (secondary N) is 1. The highest BCUT2D eigenvalue weighted by molar-refractivity contribution is 8.15. The Morgan fingerprint density at radius 3 is 2.36 bits per heavy atom. The van der Waals surface area contributed by atoms with Gasteiger partial charge in [0, 0.05) is 18.7 Å². The van der Waals surface area contributed by atoms with E-state index in [2.05, 4.69) is 5.32 Å². The molecule has 1 N–H and O–H groups in total. The number of rotatable bonds is 9. The Hall–Kier alpha value is -4.31. The number of nitrogens with zero attached hydrogens (tertiary/aromatic N) is 2. The van der Waals surface area contributed by atoms with E-state index in [-0.39, 0.29) is 18.2 Å². The summed E-state index contributed by atoms with van der Waals surface area (Å²) in [6.45, 7) is 0.385. The predicted molar refractivity (Wildman–Crippen MR) is 151 cm³/mol. The zero-order chi connectivity index (χ0) is 27.8. The van der Waals surface area contributed by atoms with Gasteiger partial charge in [-0.2, -0.15) is 0 Å². The number of amidine groups is 1. The van der Waals surface area contributed by atoms with Gasteiger partial charge in [0.1, 0.15) is 5.25 Å². The fourth-order valence-electron chi connectivity index (χ4n) is 3.98. The normalized spacial score (nSPS) is 16.1. The molecule has 3 aromatic carbocycles. The van der Waals surface area contributed by atoms with Crippen LogP contribution in [0.3, 0.4) is 0 Å². The molecule has 0 bridgehead atoms. The van der Waals surface area contributed by atoms with Gasteiger partial charge < -0.3 is 19.5 Å². The first-order valence-electron chi connectivity index (χ1n) is 12.2. The van der Waals surface area contributed by atoms with Crippen LogP contribution in [-0.2, 0) is 20.7 Å². The molecule has 1 saturated heterocycles. The lowest BCUT2D eigenvalue weighted by Crippen LogP contribution is -2.46. The van der Waals surface area contributed by atoms with Crippen molar-refractivity contribution in [3.8, 4) is 11.5 Å². The number of anilines is 1. The quantitative estimate of drug-likeness (QED) is 0.387. The van der Waals surface area contributed by atoms with E-state index in [1.54, 1.807) is 43.4 Å². The van der Waals surface area contributed by atoms with E-state index in [0.29, 0.717) is 46.6 Å². The SMILES string of the molecule is COC(=O)c1ccc(NC(=O)[C@@H]2CC(=O)N(CCc3ccc(OC)c(OC)c3)C(=Nc3ccccc3)S2)cc1. The van der Waals surface area contributed by atoms with Crippen molar-refractivity contribution in [2.75, 3.05) is 33.2 Å². The molecule has 0 radical (unpaired) electrons. The molecule has 0 saturated carbocycles. The molecule has 39 heavy (non-hydrogen) atoms. The van der Waals surface area contributed by atoms with Crippen LogP contribution in [0.25, 0.3) is 0 Å². The number of thioether (sulfide) groups is 1. The minimum Gasteiger partial charge on any atom is -0.493 e. The summed E-state index contributed by atoms with van der Waals surface area (Å²) in [6, 6.07) is 21.3. The standard InChI is InChI=1S/C29H29N3O6S/c1-36-23-14-9-19(17-24(23)37-2)15-16-32-26(33)18-25(39-29(32)31-21-7-5-4-6-8-21)27(34)30-22-12-10-20(11-13-22)28(35)38-3/h4-14,17,25H,15-16,18H2,1-3H3,(H,30,34)/t25-/m0/s1. The largest absolute Gasteiger partial charge is 0.493 e. The van der Waals surface area contributed by atoms with Gasteiger partial charge in [-0.05, 0) is 60.5 Å². The summed E-state index contributed by atoms with van der Waals surface area (Å²) in [5.74, 6) is 0.274. The molecule has 0 aliphatic carbocycles. The molecule has 0 unspecified atom stereocenters. The lowest BCUT2D eigenvalue weighted by Gasteiger charge is -2.32. The zero-order valence-electron chi connectivity index (χ0n) is 21.9. The number of hydrogen-bond donors (Lipinski definition) is 1. The second-order valence-electron chi connectivity index (χ2n) is 8.58. The van der Waals surface area contributed by atoms with E-state index in [1.165, 1.54) is 18.9 Å². The topological polar surface area (TPSA) is 107 Å². The molecule has 10 heteroatoms. The second-order valence-corrected chi connectivity index (χ2v) is 9.75. The van der Waals surface area contributed by atoms with E-state index in [1.807, 2.05) is 48.5 Å². The van der Waals surface area contributed by atoms with Crippen molar-refractivity contribution in [2.45, 2.75) is 18.1 Å². The molecule has 2 amide bonds. The second kappa shape index (κ2) is 13.0. The predicted octanol–water partition coefficient (Wildman–Crippen LogP) is 4.69. The lowest BCUT2D eigenvalue weighted by molar-refractivity contribution is -0.129. The van der Waals surface area contributed by atoms with Crippen molar-refractivity contribution in [1.82, 2.24) is 4.90 Å². The maximum absolute atomic E-state index is 13.3. The molecule has 9 nitrogen and oxygen atoms in total. The molecule has 1 aliphatic heterocycles. The highest BCUT2D eigenvalue weighted by Crippen LogP contribution is 2.31. The van der Waals surface area contributed by atoms with Crippen molar-refractivity contribution in [1.29, 1.82) is 0 Å². The van der Waals surface area contributed by atoms with Crippen LogP contribution in [0.1, 0.15) is 22.3 Å². The number of esters is 1. The molecule has 3 aromatic rings. The van der Waals surface area contributed by atoms with Gasteiger partial charge in [0.2, 0.25) is 11.8 Å². The smallest absolute Gasteiger partial charge is 0.337 e. The number of hydrogen-bond acceptors (Lipinski definition) is 8. The molecule has 0 aromatic heterocycles. The third-order valence-corrected chi connectivity index (χ3v) is 7.25. The highest BCUT2D eigenvalue weighted by Gasteiger charge is 2.36. The first-order chi connectivity index (χ1) is 18.9. The summed E-state index contributed by atoms with van der Waals surface area (Å²) >= 11 is 1.25. The minimum absolute atomic E-state index is 0.0243. The van der Waals surface area contributed by atoms with Crippen molar-refractivity contribution >= 4 is 46.1 Å². The van der Waals surface area contributed by atoms with E-state index >= 15 is 0 Å². The third-order valence-electron chi connectivity index (χ3n) is 6.06. The van der Waals surface area contributed by atoms with Crippen LogP contribution in [-0.4, -0.2) is 61.0 Å². The van der Waals surface area contributed by atoms with Crippen LogP contribution >= 0.6 is 11.8 Å². The van der Waals surface area contributed by atoms with Crippen molar-refractivity contribution < 1.29 is 28.6 Å². The Bertz CT molecular complexity index is 1360. The van der Waals surface area contributed by atoms with Crippen LogP contribution in [0.15, 0.2) is 77.8 Å². The molecular weight excluding hydrogens is 518 g/mol. The van der Waals surface area contributed by atoms with Crippen LogP contribution < -0.4 is 14.8 Å². The maximum atomic E-state index is 13.3. The van der Waals surface area contributed by atoms with Gasteiger partial charge in [0.05, 0.1) is 32.6 Å². The third kappa shape index (κ3) is 6.97. The molecule has 1 atom stereocenters. The number of aliphatic imine (C=N–C) groups is 1. The fraction of sp³-hybridized carbons (Fsp3) is 0.241. The van der Waals surface area contributed by atoms with Crippen molar-refractivity contribution in [2.24, 2.45) is 4.99 Å². The van der Waals surface area contributed by atoms with E-state index in [4.69, 9.17) is 19.2 Å². The monoisotopic (exact) mass is 547 g/mol. The molecule has 1 heterocycles. The summed E-state index contributed by atoms with van der Waals surface area (Å²) in [4.78, 5) is 44.5. The van der Waals surface area contributed by atoms with Crippen LogP contribution in [0.2, 0.25) is 0 Å². The first-order valence-corrected chi connectivity index (χ1v) is 13.1. The van der Waals surface area contributed by atoms with Gasteiger partial charge in [0.15, 0.2) is 16.7 Å². The summed E-state index contributed by atoms with van der Waals surface area (Å²) in [6.07, 6.45) is 0.584. The maximum Gasteiger partial charge on any atom is 0.337 e. The molecule has 4 rings (SSSR count). The molecule has 1 aliphatic rings. The van der Waals surface area contributed by atoms with Gasteiger partial charge in [0.25, 0.3) is 0 Å². The highest BCUT2D eigenvalue weighted by atomic mass is 32.2. The number of para-hydroxylation sites is 1. The lowest BCUT2D eigenvalue weighted by atomic mass is 10.1. The van der Waals surface area contributed by atoms with Gasteiger partial charge in [-0.1, -0.05) is 36.0 Å². The summed E-state index contributed by atoms with van der Waals surface area (Å²) < 4.78 is 15.4. The Morgan fingerprint density at radius 2 is 1.69 bits per heavy atom. The first kappa shape index (κ1) is 27.7. The van der Waals surface area contributed by atoms with Gasteiger partial charge >= 0.3 is 5.97 Å². The number of benzene rings is 3. The molecule has 0 spiro atoms. The zero-order valence-corrected chi connectivity index (χ0v) is 22.7. The van der Waals surface area contributed by atoms with Gasteiger partial charge in [-0.25, -0.2) is 9.79 Å². The molecular formula is C29H29N3O6S. The number of amides is 2. The number of carbonyl (C=O) groups excluding carboxylic acids is 3. The summed E-state index contributed by atoms with van der Waals surface area (Å²) in [5, 5.41) is 2.62. The van der Waals surface area contributed by atoms with E-state index in [0.717, 1.165) is 5.56 Å². The minimum atomic E-state index is -0.669. The van der Waals surface area contributed by atoms with Crippen LogP contribution in [0.4, 0.5) is 11.4 Å².